The molecule has 1 amide bonds. The standard InChI is InChI=1S/C23H26F2N2OS/c1-14-10-15(26-29-2)13-27(12-14)23(28)19-11-18(19)16-6-3-4-7-17(16)22-20(24)8-5-9-21(22)25/h3-9,14-15,18-19,26H,10-13H2,1-2H3. The number of nitrogens with zero attached hydrogens (tertiary/aromatic N) is 1. The second-order valence-electron chi connectivity index (χ2n) is 8.24. The van der Waals surface area contributed by atoms with Crippen LogP contribution in [0.4, 0.5) is 8.78 Å². The number of amides is 1. The molecule has 0 radical (unpaired) electrons. The average Bonchev–Trinajstić information content (AvgIpc) is 3.48. The normalized spacial score (nSPS) is 26.4. The van der Waals surface area contributed by atoms with E-state index in [0.29, 0.717) is 17.5 Å². The summed E-state index contributed by atoms with van der Waals surface area (Å²) in [5.41, 5.74) is 1.41. The van der Waals surface area contributed by atoms with E-state index in [1.165, 1.54) is 18.2 Å². The third-order valence-electron chi connectivity index (χ3n) is 5.96. The van der Waals surface area contributed by atoms with Gasteiger partial charge in [0.15, 0.2) is 0 Å². The summed E-state index contributed by atoms with van der Waals surface area (Å²) >= 11 is 1.59. The van der Waals surface area contributed by atoms with Gasteiger partial charge in [-0.3, -0.25) is 9.52 Å². The molecular weight excluding hydrogens is 390 g/mol. The van der Waals surface area contributed by atoms with Gasteiger partial charge in [-0.2, -0.15) is 0 Å². The van der Waals surface area contributed by atoms with Gasteiger partial charge in [-0.1, -0.05) is 49.2 Å². The van der Waals surface area contributed by atoms with Crippen molar-refractivity contribution in [1.29, 1.82) is 0 Å². The Hall–Kier alpha value is -1.92. The summed E-state index contributed by atoms with van der Waals surface area (Å²) in [5, 5.41) is 0. The zero-order valence-corrected chi connectivity index (χ0v) is 17.5. The molecule has 1 saturated carbocycles. The fourth-order valence-corrected chi connectivity index (χ4v) is 5.14. The van der Waals surface area contributed by atoms with Gasteiger partial charge in [0.2, 0.25) is 5.91 Å². The molecule has 6 heteroatoms. The molecule has 1 aliphatic carbocycles. The molecule has 4 rings (SSSR count). The van der Waals surface area contributed by atoms with Crippen molar-refractivity contribution < 1.29 is 13.6 Å². The number of hydrogen-bond donors (Lipinski definition) is 1. The lowest BCUT2D eigenvalue weighted by Gasteiger charge is -2.36. The quantitative estimate of drug-likeness (QED) is 0.708. The molecule has 29 heavy (non-hydrogen) atoms. The Balaban J connectivity index is 1.55. The highest BCUT2D eigenvalue weighted by molar-refractivity contribution is 7.96. The third-order valence-corrected chi connectivity index (χ3v) is 6.52. The summed E-state index contributed by atoms with van der Waals surface area (Å²) in [7, 11) is 0. The predicted octanol–water partition coefficient (Wildman–Crippen LogP) is 4.84. The zero-order valence-electron chi connectivity index (χ0n) is 16.7. The van der Waals surface area contributed by atoms with Crippen LogP contribution in [0.3, 0.4) is 0 Å². The summed E-state index contributed by atoms with van der Waals surface area (Å²) in [5.74, 6) is -0.616. The second-order valence-corrected chi connectivity index (χ2v) is 8.88. The van der Waals surface area contributed by atoms with Gasteiger partial charge >= 0.3 is 0 Å². The van der Waals surface area contributed by atoms with E-state index in [9.17, 15) is 13.6 Å². The zero-order chi connectivity index (χ0) is 20.5. The molecule has 2 aliphatic rings. The first-order valence-electron chi connectivity index (χ1n) is 10.1. The van der Waals surface area contributed by atoms with Crippen LogP contribution in [-0.4, -0.2) is 36.2 Å². The van der Waals surface area contributed by atoms with E-state index in [1.807, 2.05) is 23.3 Å². The van der Waals surface area contributed by atoms with E-state index in [0.717, 1.165) is 31.5 Å². The number of hydrogen-bond acceptors (Lipinski definition) is 3. The maximum absolute atomic E-state index is 14.4. The van der Waals surface area contributed by atoms with E-state index in [1.54, 1.807) is 24.1 Å². The van der Waals surface area contributed by atoms with Crippen molar-refractivity contribution in [3.8, 4) is 11.1 Å². The van der Waals surface area contributed by atoms with Gasteiger partial charge in [-0.25, -0.2) is 8.78 Å². The van der Waals surface area contributed by atoms with Crippen LogP contribution in [0.15, 0.2) is 42.5 Å². The van der Waals surface area contributed by atoms with Crippen LogP contribution in [-0.2, 0) is 4.79 Å². The number of likely N-dealkylation sites (tertiary alicyclic amines) is 1. The maximum Gasteiger partial charge on any atom is 0.226 e. The first-order valence-corrected chi connectivity index (χ1v) is 11.3. The summed E-state index contributed by atoms with van der Waals surface area (Å²) in [6.07, 6.45) is 3.80. The summed E-state index contributed by atoms with van der Waals surface area (Å²) in [6.45, 7) is 3.67. The molecule has 154 valence electrons. The minimum Gasteiger partial charge on any atom is -0.341 e. The minimum absolute atomic E-state index is 0.00275. The van der Waals surface area contributed by atoms with Gasteiger partial charge in [0, 0.05) is 25.0 Å². The largest absolute Gasteiger partial charge is 0.341 e. The molecule has 4 atom stereocenters. The highest BCUT2D eigenvalue weighted by atomic mass is 32.2. The van der Waals surface area contributed by atoms with Crippen molar-refractivity contribution >= 4 is 17.9 Å². The molecule has 1 heterocycles. The minimum atomic E-state index is -0.572. The van der Waals surface area contributed by atoms with Gasteiger partial charge in [0.25, 0.3) is 0 Å². The topological polar surface area (TPSA) is 32.3 Å². The van der Waals surface area contributed by atoms with E-state index in [-0.39, 0.29) is 23.3 Å². The monoisotopic (exact) mass is 416 g/mol. The van der Waals surface area contributed by atoms with E-state index in [4.69, 9.17) is 0 Å². The van der Waals surface area contributed by atoms with Gasteiger partial charge < -0.3 is 4.90 Å². The number of carbonyl (C=O) groups excluding carboxylic acids is 1. The van der Waals surface area contributed by atoms with Crippen molar-refractivity contribution in [2.24, 2.45) is 11.8 Å². The highest BCUT2D eigenvalue weighted by Crippen LogP contribution is 2.51. The maximum atomic E-state index is 14.4. The molecule has 2 aromatic rings. The van der Waals surface area contributed by atoms with E-state index < -0.39 is 11.6 Å². The molecule has 0 bridgehead atoms. The summed E-state index contributed by atoms with van der Waals surface area (Å²) < 4.78 is 32.1. The predicted molar refractivity (Wildman–Crippen MR) is 113 cm³/mol. The Bertz CT molecular complexity index is 886. The van der Waals surface area contributed by atoms with Gasteiger partial charge in [0.05, 0.1) is 5.56 Å². The average molecular weight is 417 g/mol. The number of piperidine rings is 1. The van der Waals surface area contributed by atoms with E-state index in [2.05, 4.69) is 11.6 Å². The Kier molecular flexibility index (Phi) is 5.93. The molecule has 0 spiro atoms. The Morgan fingerprint density at radius 3 is 2.52 bits per heavy atom. The SMILES string of the molecule is CSNC1CC(C)CN(C(=O)C2CC2c2ccccc2-c2c(F)cccc2F)C1. The number of carbonyl (C=O) groups is 1. The van der Waals surface area contributed by atoms with Gasteiger partial charge in [0.1, 0.15) is 11.6 Å². The fraction of sp³-hybridized carbons (Fsp3) is 0.435. The molecule has 2 aromatic carbocycles. The molecule has 3 nitrogen and oxygen atoms in total. The molecular formula is C23H26F2N2OS. The van der Waals surface area contributed by atoms with Crippen LogP contribution in [0.25, 0.3) is 11.1 Å². The molecule has 0 aromatic heterocycles. The summed E-state index contributed by atoms with van der Waals surface area (Å²) in [4.78, 5) is 15.1. The second kappa shape index (κ2) is 8.44. The lowest BCUT2D eigenvalue weighted by molar-refractivity contribution is -0.134. The van der Waals surface area contributed by atoms with Crippen LogP contribution in [0.5, 0.6) is 0 Å². The van der Waals surface area contributed by atoms with Crippen LogP contribution in [0.1, 0.15) is 31.2 Å². The first kappa shape index (κ1) is 20.4. The molecule has 4 unspecified atom stereocenters. The number of rotatable bonds is 5. The Morgan fingerprint density at radius 1 is 1.07 bits per heavy atom. The van der Waals surface area contributed by atoms with Crippen LogP contribution >= 0.6 is 11.9 Å². The lowest BCUT2D eigenvalue weighted by atomic mass is 9.94. The summed E-state index contributed by atoms with van der Waals surface area (Å²) in [6, 6.07) is 11.5. The van der Waals surface area contributed by atoms with Gasteiger partial charge in [-0.05, 0) is 54.2 Å². The van der Waals surface area contributed by atoms with Crippen molar-refractivity contribution in [3.05, 3.63) is 59.7 Å². The lowest BCUT2D eigenvalue weighted by Crippen LogP contribution is -2.49. The number of halogens is 2. The first-order chi connectivity index (χ1) is 14.0. The number of benzene rings is 2. The fourth-order valence-electron chi connectivity index (χ4n) is 4.63. The van der Waals surface area contributed by atoms with Crippen molar-refractivity contribution in [2.75, 3.05) is 19.3 Å². The number of nitrogens with one attached hydrogen (secondary N) is 1. The van der Waals surface area contributed by atoms with Crippen LogP contribution in [0.2, 0.25) is 0 Å². The van der Waals surface area contributed by atoms with Crippen molar-refractivity contribution in [3.63, 3.8) is 0 Å². The van der Waals surface area contributed by atoms with Crippen LogP contribution < -0.4 is 4.72 Å². The van der Waals surface area contributed by atoms with Crippen molar-refractivity contribution in [2.45, 2.75) is 31.7 Å². The molecule has 1 saturated heterocycles. The van der Waals surface area contributed by atoms with E-state index >= 15 is 0 Å². The van der Waals surface area contributed by atoms with Crippen LogP contribution in [0, 0.1) is 23.5 Å². The van der Waals surface area contributed by atoms with Crippen molar-refractivity contribution in [1.82, 2.24) is 9.62 Å². The smallest absolute Gasteiger partial charge is 0.226 e. The Morgan fingerprint density at radius 2 is 1.79 bits per heavy atom. The molecule has 1 aliphatic heterocycles. The molecule has 2 fully saturated rings. The third kappa shape index (κ3) is 4.19. The molecule has 1 N–H and O–H groups in total. The Labute approximate surface area is 175 Å². The highest BCUT2D eigenvalue weighted by Gasteiger charge is 2.47. The van der Waals surface area contributed by atoms with Gasteiger partial charge in [-0.15, -0.1) is 0 Å².